The number of anilines is 1. The molecule has 33 heavy (non-hydrogen) atoms. The first kappa shape index (κ1) is 22.5. The van der Waals surface area contributed by atoms with E-state index >= 15 is 0 Å². The number of piperazine rings is 1. The molecule has 0 bridgehead atoms. The molecule has 0 saturated carbocycles. The fraction of sp³-hybridized carbons (Fsp3) is 0.320. The molecular formula is C25H29N5O3. The quantitative estimate of drug-likeness (QED) is 0.517. The van der Waals surface area contributed by atoms with Crippen molar-refractivity contribution in [2.45, 2.75) is 13.3 Å². The van der Waals surface area contributed by atoms with E-state index in [-0.39, 0.29) is 24.3 Å². The van der Waals surface area contributed by atoms with Crippen molar-refractivity contribution in [3.63, 3.8) is 0 Å². The number of fused-ring (bicyclic) bond motifs is 1. The molecule has 8 heteroatoms. The van der Waals surface area contributed by atoms with Gasteiger partial charge in [0, 0.05) is 61.1 Å². The van der Waals surface area contributed by atoms with Crippen LogP contribution in [0.1, 0.15) is 22.8 Å². The molecule has 172 valence electrons. The van der Waals surface area contributed by atoms with Crippen molar-refractivity contribution in [2.75, 3.05) is 44.6 Å². The van der Waals surface area contributed by atoms with E-state index in [4.69, 9.17) is 0 Å². The number of aromatic nitrogens is 1. The highest BCUT2D eigenvalue weighted by Gasteiger charge is 2.23. The maximum Gasteiger partial charge on any atom is 0.251 e. The number of H-pyrrole nitrogens is 1. The number of nitrogens with zero attached hydrogens (tertiary/aromatic N) is 2. The molecule has 0 spiro atoms. The van der Waals surface area contributed by atoms with Crippen LogP contribution in [0.3, 0.4) is 0 Å². The molecule has 1 aliphatic heterocycles. The van der Waals surface area contributed by atoms with Crippen LogP contribution in [0.4, 0.5) is 5.69 Å². The van der Waals surface area contributed by atoms with Gasteiger partial charge < -0.3 is 20.5 Å². The monoisotopic (exact) mass is 447 g/mol. The smallest absolute Gasteiger partial charge is 0.251 e. The zero-order valence-electron chi connectivity index (χ0n) is 18.8. The number of para-hydroxylation sites is 1. The summed E-state index contributed by atoms with van der Waals surface area (Å²) < 4.78 is 0. The Morgan fingerprint density at radius 1 is 1.00 bits per heavy atom. The van der Waals surface area contributed by atoms with Gasteiger partial charge in [0.1, 0.15) is 0 Å². The van der Waals surface area contributed by atoms with Crippen molar-refractivity contribution >= 4 is 34.3 Å². The highest BCUT2D eigenvalue weighted by atomic mass is 16.2. The van der Waals surface area contributed by atoms with Gasteiger partial charge in [-0.2, -0.15) is 0 Å². The lowest BCUT2D eigenvalue weighted by atomic mass is 10.1. The zero-order chi connectivity index (χ0) is 23.2. The fourth-order valence-corrected chi connectivity index (χ4v) is 4.11. The Labute approximate surface area is 192 Å². The highest BCUT2D eigenvalue weighted by Crippen LogP contribution is 2.19. The Kier molecular flexibility index (Phi) is 7.04. The predicted octanol–water partition coefficient (Wildman–Crippen LogP) is 2.24. The second kappa shape index (κ2) is 10.3. The van der Waals surface area contributed by atoms with E-state index in [9.17, 15) is 14.4 Å². The summed E-state index contributed by atoms with van der Waals surface area (Å²) in [4.78, 5) is 44.4. The Bertz CT molecular complexity index is 1150. The molecule has 1 saturated heterocycles. The van der Waals surface area contributed by atoms with E-state index in [0.717, 1.165) is 16.5 Å². The molecular weight excluding hydrogens is 418 g/mol. The third kappa shape index (κ3) is 5.59. The van der Waals surface area contributed by atoms with Crippen molar-refractivity contribution in [3.05, 3.63) is 65.9 Å². The van der Waals surface area contributed by atoms with Crippen LogP contribution >= 0.6 is 0 Å². The summed E-state index contributed by atoms with van der Waals surface area (Å²) in [6, 6.07) is 14.9. The first-order valence-electron chi connectivity index (χ1n) is 11.3. The van der Waals surface area contributed by atoms with Crippen molar-refractivity contribution < 1.29 is 14.4 Å². The van der Waals surface area contributed by atoms with Gasteiger partial charge in [-0.05, 0) is 36.8 Å². The van der Waals surface area contributed by atoms with Gasteiger partial charge in [0.2, 0.25) is 11.8 Å². The minimum absolute atomic E-state index is 0.103. The lowest BCUT2D eigenvalue weighted by Gasteiger charge is -2.34. The van der Waals surface area contributed by atoms with Crippen LogP contribution in [0.15, 0.2) is 54.7 Å². The number of amides is 3. The molecule has 0 unspecified atom stereocenters. The summed E-state index contributed by atoms with van der Waals surface area (Å²) in [5.41, 5.74) is 3.15. The van der Waals surface area contributed by atoms with Crippen LogP contribution < -0.4 is 10.6 Å². The van der Waals surface area contributed by atoms with Crippen molar-refractivity contribution in [1.82, 2.24) is 20.1 Å². The topological polar surface area (TPSA) is 97.5 Å². The lowest BCUT2D eigenvalue weighted by Crippen LogP contribution is -2.50. The number of hydrogen-bond donors (Lipinski definition) is 3. The summed E-state index contributed by atoms with van der Waals surface area (Å²) >= 11 is 0. The average Bonchev–Trinajstić information content (AvgIpc) is 3.22. The van der Waals surface area contributed by atoms with E-state index in [1.807, 2.05) is 47.2 Å². The molecule has 0 atom stereocenters. The van der Waals surface area contributed by atoms with Gasteiger partial charge in [0.05, 0.1) is 13.0 Å². The van der Waals surface area contributed by atoms with E-state index in [1.54, 1.807) is 24.3 Å². The van der Waals surface area contributed by atoms with Crippen molar-refractivity contribution in [3.8, 4) is 0 Å². The van der Waals surface area contributed by atoms with E-state index < -0.39 is 0 Å². The van der Waals surface area contributed by atoms with E-state index in [1.165, 1.54) is 0 Å². The largest absolute Gasteiger partial charge is 0.361 e. The van der Waals surface area contributed by atoms with Gasteiger partial charge >= 0.3 is 0 Å². The molecule has 3 N–H and O–H groups in total. The molecule has 4 rings (SSSR count). The Balaban J connectivity index is 1.25. The Hall–Kier alpha value is -3.65. The molecule has 0 aliphatic carbocycles. The normalized spacial score (nSPS) is 14.3. The third-order valence-corrected chi connectivity index (χ3v) is 5.85. The summed E-state index contributed by atoms with van der Waals surface area (Å²) in [6.07, 6.45) is 2.27. The van der Waals surface area contributed by atoms with E-state index in [2.05, 4.69) is 15.6 Å². The Morgan fingerprint density at radius 3 is 2.58 bits per heavy atom. The first-order chi connectivity index (χ1) is 16.0. The van der Waals surface area contributed by atoms with Crippen molar-refractivity contribution in [1.29, 1.82) is 0 Å². The standard InChI is InChI=1S/C25H29N5O3/c1-2-26-25(33)18-6-5-7-20(14-18)28-23(31)17-29-10-12-30(13-11-29)24(32)15-19-16-27-22-9-4-3-8-21(19)22/h3-9,14,16,27H,2,10-13,15,17H2,1H3,(H,26,33)(H,28,31). The second-order valence-electron chi connectivity index (χ2n) is 8.18. The summed E-state index contributed by atoms with van der Waals surface area (Å²) in [7, 11) is 0. The van der Waals surface area contributed by atoms with Gasteiger partial charge in [-0.3, -0.25) is 19.3 Å². The van der Waals surface area contributed by atoms with Crippen molar-refractivity contribution in [2.24, 2.45) is 0 Å². The third-order valence-electron chi connectivity index (χ3n) is 5.85. The Morgan fingerprint density at radius 2 is 1.79 bits per heavy atom. The minimum Gasteiger partial charge on any atom is -0.361 e. The molecule has 3 aromatic rings. The summed E-state index contributed by atoms with van der Waals surface area (Å²) in [5, 5.41) is 6.69. The number of carbonyl (C=O) groups excluding carboxylic acids is 3. The second-order valence-corrected chi connectivity index (χ2v) is 8.18. The van der Waals surface area contributed by atoms with Crippen LogP contribution in [-0.2, 0) is 16.0 Å². The molecule has 0 radical (unpaired) electrons. The number of rotatable bonds is 7. The van der Waals surface area contributed by atoms with Gasteiger partial charge in [-0.1, -0.05) is 24.3 Å². The molecule has 1 aromatic heterocycles. The number of benzene rings is 2. The average molecular weight is 448 g/mol. The van der Waals surface area contributed by atoms with Crippen LogP contribution in [0.2, 0.25) is 0 Å². The molecule has 1 aliphatic rings. The number of carbonyl (C=O) groups is 3. The minimum atomic E-state index is -0.165. The van der Waals surface area contributed by atoms with Gasteiger partial charge in [-0.15, -0.1) is 0 Å². The number of aromatic amines is 1. The maximum atomic E-state index is 12.8. The van der Waals surface area contributed by atoms with Gasteiger partial charge in [0.25, 0.3) is 5.91 Å². The van der Waals surface area contributed by atoms with Crippen LogP contribution in [0.5, 0.6) is 0 Å². The maximum absolute atomic E-state index is 12.8. The molecule has 2 heterocycles. The van der Waals surface area contributed by atoms with Crippen LogP contribution in [0.25, 0.3) is 10.9 Å². The summed E-state index contributed by atoms with van der Waals surface area (Å²) in [6.45, 7) is 5.14. The van der Waals surface area contributed by atoms with Crippen LogP contribution in [0, 0.1) is 0 Å². The first-order valence-corrected chi connectivity index (χ1v) is 11.3. The van der Waals surface area contributed by atoms with Gasteiger partial charge in [0.15, 0.2) is 0 Å². The molecule has 2 aromatic carbocycles. The number of nitrogens with one attached hydrogen (secondary N) is 3. The fourth-order valence-electron chi connectivity index (χ4n) is 4.11. The lowest BCUT2D eigenvalue weighted by molar-refractivity contribution is -0.132. The van der Waals surface area contributed by atoms with Gasteiger partial charge in [-0.25, -0.2) is 0 Å². The molecule has 3 amide bonds. The molecule has 1 fully saturated rings. The SMILES string of the molecule is CCNC(=O)c1cccc(NC(=O)CN2CCN(C(=O)Cc3c[nH]c4ccccc34)CC2)c1. The zero-order valence-corrected chi connectivity index (χ0v) is 18.8. The van der Waals surface area contributed by atoms with E-state index in [0.29, 0.717) is 50.4 Å². The van der Waals surface area contributed by atoms with Crippen LogP contribution in [-0.4, -0.2) is 71.8 Å². The molecule has 8 nitrogen and oxygen atoms in total. The highest BCUT2D eigenvalue weighted by molar-refractivity contribution is 5.97. The predicted molar refractivity (Wildman–Crippen MR) is 128 cm³/mol. The number of hydrogen-bond acceptors (Lipinski definition) is 4. The summed E-state index contributed by atoms with van der Waals surface area (Å²) in [5.74, 6) is -0.199.